The van der Waals surface area contributed by atoms with E-state index in [2.05, 4.69) is 0 Å². The lowest BCUT2D eigenvalue weighted by Gasteiger charge is -2.13. The van der Waals surface area contributed by atoms with Gasteiger partial charge in [0.05, 0.1) is 12.3 Å². The third-order valence-electron chi connectivity index (χ3n) is 4.48. The lowest BCUT2D eigenvalue weighted by molar-refractivity contribution is 1.26. The van der Waals surface area contributed by atoms with Gasteiger partial charge < -0.3 is 0 Å². The van der Waals surface area contributed by atoms with Crippen molar-refractivity contribution in [3.8, 4) is 0 Å². The fraction of sp³-hybridized carbons (Fsp3) is 0.0400. The molecule has 0 bridgehead atoms. The summed E-state index contributed by atoms with van der Waals surface area (Å²) < 4.78 is 75.6. The molecule has 0 amide bonds. The molecule has 0 saturated heterocycles. The SMILES string of the molecule is [2H]c1c([2H])c([2H])c2c(Cc3cccc4ccccc34)c3c([2H])c([2H])c([2H])c([2H])c3c([2H])c2c1[2H]. The van der Waals surface area contributed by atoms with E-state index in [1.807, 2.05) is 42.5 Å². The van der Waals surface area contributed by atoms with E-state index in [9.17, 15) is 0 Å². The molecule has 0 aromatic heterocycles. The smallest absolute Gasteiger partial charge is 0.0616 e. The molecular formula is C25H18. The predicted molar refractivity (Wildman–Crippen MR) is 108 cm³/mol. The first-order chi connectivity index (χ1) is 16.1. The van der Waals surface area contributed by atoms with Crippen LogP contribution in [0.3, 0.4) is 0 Å². The summed E-state index contributed by atoms with van der Waals surface area (Å²) in [6.45, 7) is 0. The van der Waals surface area contributed by atoms with E-state index >= 15 is 0 Å². The minimum absolute atomic E-state index is 0.0428. The van der Waals surface area contributed by atoms with E-state index in [1.54, 1.807) is 0 Å². The minimum Gasteiger partial charge on any atom is -0.0616 e. The van der Waals surface area contributed by atoms with Crippen LogP contribution in [-0.2, 0) is 6.42 Å². The number of fused-ring (bicyclic) bond motifs is 3. The van der Waals surface area contributed by atoms with Crippen LogP contribution >= 0.6 is 0 Å². The van der Waals surface area contributed by atoms with Crippen molar-refractivity contribution in [3.63, 3.8) is 0 Å². The van der Waals surface area contributed by atoms with E-state index < -0.39 is 36.3 Å². The Morgan fingerprint density at radius 1 is 0.600 bits per heavy atom. The van der Waals surface area contributed by atoms with Gasteiger partial charge in [0, 0.05) is 0 Å². The van der Waals surface area contributed by atoms with Crippen LogP contribution < -0.4 is 0 Å². The Morgan fingerprint density at radius 3 is 2.00 bits per heavy atom. The number of rotatable bonds is 2. The molecule has 0 aliphatic carbocycles. The molecule has 0 fully saturated rings. The lowest BCUT2D eigenvalue weighted by Crippen LogP contribution is -1.93. The maximum Gasteiger partial charge on any atom is 0.0636 e. The van der Waals surface area contributed by atoms with Crippen molar-refractivity contribution in [1.29, 1.82) is 0 Å². The van der Waals surface area contributed by atoms with Crippen LogP contribution in [0.5, 0.6) is 0 Å². The van der Waals surface area contributed by atoms with Crippen molar-refractivity contribution in [2.45, 2.75) is 6.42 Å². The number of hydrogen-bond donors (Lipinski definition) is 0. The topological polar surface area (TPSA) is 0 Å². The molecular weight excluding hydrogens is 300 g/mol. The maximum atomic E-state index is 8.75. The first-order valence-corrected chi connectivity index (χ1v) is 8.03. The molecule has 0 spiro atoms. The van der Waals surface area contributed by atoms with Gasteiger partial charge in [0.25, 0.3) is 0 Å². The maximum absolute atomic E-state index is 8.75. The van der Waals surface area contributed by atoms with Gasteiger partial charge in [-0.25, -0.2) is 0 Å². The summed E-state index contributed by atoms with van der Waals surface area (Å²) in [6.07, 6.45) is 0.166. The van der Waals surface area contributed by atoms with Crippen LogP contribution in [0.4, 0.5) is 0 Å². The quantitative estimate of drug-likeness (QED) is 0.315. The second-order valence-corrected chi connectivity index (χ2v) is 5.92. The van der Waals surface area contributed by atoms with Gasteiger partial charge in [0.15, 0.2) is 0 Å². The largest absolute Gasteiger partial charge is 0.0636 e. The van der Waals surface area contributed by atoms with Crippen LogP contribution in [0.15, 0.2) is 96.8 Å². The molecule has 118 valence electrons. The van der Waals surface area contributed by atoms with Gasteiger partial charge >= 0.3 is 0 Å². The summed E-state index contributed by atoms with van der Waals surface area (Å²) in [4.78, 5) is 0. The Labute approximate surface area is 160 Å². The first kappa shape index (κ1) is 7.84. The first-order valence-electron chi connectivity index (χ1n) is 12.5. The summed E-state index contributed by atoms with van der Waals surface area (Å²) in [5, 5.41) is 2.05. The third kappa shape index (κ3) is 2.38. The third-order valence-corrected chi connectivity index (χ3v) is 4.48. The zero-order chi connectivity index (χ0) is 24.5. The monoisotopic (exact) mass is 327 g/mol. The second-order valence-electron chi connectivity index (χ2n) is 5.92. The average Bonchev–Trinajstić information content (AvgIpc) is 2.84. The minimum atomic E-state index is -0.484. The molecule has 0 aliphatic rings. The zero-order valence-corrected chi connectivity index (χ0v) is 13.2. The van der Waals surface area contributed by atoms with Gasteiger partial charge in [-0.15, -0.1) is 0 Å². The highest BCUT2D eigenvalue weighted by molar-refractivity contribution is 6.03. The number of hydrogen-bond acceptors (Lipinski definition) is 0. The van der Waals surface area contributed by atoms with E-state index in [0.29, 0.717) is 5.56 Å². The van der Waals surface area contributed by atoms with Gasteiger partial charge in [-0.3, -0.25) is 0 Å². The summed E-state index contributed by atoms with van der Waals surface area (Å²) >= 11 is 0. The molecule has 5 rings (SSSR count). The zero-order valence-electron chi connectivity index (χ0n) is 22.2. The van der Waals surface area contributed by atoms with Crippen LogP contribution in [-0.4, -0.2) is 0 Å². The molecule has 25 heavy (non-hydrogen) atoms. The van der Waals surface area contributed by atoms with E-state index in [4.69, 9.17) is 12.3 Å². The van der Waals surface area contributed by atoms with Gasteiger partial charge in [0.1, 0.15) is 0 Å². The van der Waals surface area contributed by atoms with Gasteiger partial charge in [0.2, 0.25) is 0 Å². The molecule has 0 heteroatoms. The Morgan fingerprint density at radius 2 is 1.24 bits per heavy atom. The van der Waals surface area contributed by atoms with Gasteiger partial charge in [-0.1, -0.05) is 90.8 Å². The lowest BCUT2D eigenvalue weighted by atomic mass is 9.91. The Bertz CT molecular complexity index is 1590. The summed E-state index contributed by atoms with van der Waals surface area (Å²) in [5.74, 6) is 0. The molecule has 5 aromatic rings. The average molecular weight is 327 g/mol. The predicted octanol–water partition coefficient (Wildman–Crippen LogP) is 6.74. The van der Waals surface area contributed by atoms with Crippen LogP contribution in [0.1, 0.15) is 23.5 Å². The standard InChI is InChI=1S/C25H18/c1-4-13-22-18(8-1)11-7-12-21(22)17-25-23-14-5-2-9-19(23)16-20-10-3-6-15-24(20)25/h1-16H,17H2/i2D,3D,5D,6D,9D,10D,14D,15D,16D. The molecule has 0 N–H and O–H groups in total. The van der Waals surface area contributed by atoms with Crippen molar-refractivity contribution in [3.05, 3.63) is 108 Å². The van der Waals surface area contributed by atoms with Crippen molar-refractivity contribution in [2.75, 3.05) is 0 Å². The Balaban J connectivity index is 2.05. The fourth-order valence-corrected chi connectivity index (χ4v) is 3.33. The van der Waals surface area contributed by atoms with Crippen molar-refractivity contribution < 1.29 is 12.3 Å². The van der Waals surface area contributed by atoms with E-state index in [-0.39, 0.29) is 46.1 Å². The molecule has 0 saturated carbocycles. The fourth-order valence-electron chi connectivity index (χ4n) is 3.33. The van der Waals surface area contributed by atoms with E-state index in [1.165, 1.54) is 0 Å². The normalized spacial score (nSPS) is 16.4. The van der Waals surface area contributed by atoms with E-state index in [0.717, 1.165) is 16.3 Å². The molecule has 0 aliphatic heterocycles. The second kappa shape index (κ2) is 5.75. The Hall–Kier alpha value is -3.12. The number of benzene rings is 5. The molecule has 0 unspecified atom stereocenters. The summed E-state index contributed by atoms with van der Waals surface area (Å²) in [7, 11) is 0. The van der Waals surface area contributed by atoms with Crippen molar-refractivity contribution >= 4 is 32.3 Å². The molecule has 0 heterocycles. The van der Waals surface area contributed by atoms with Gasteiger partial charge in [-0.2, -0.15) is 0 Å². The molecule has 0 radical (unpaired) electrons. The Kier molecular flexibility index (Phi) is 1.80. The van der Waals surface area contributed by atoms with Crippen molar-refractivity contribution in [2.24, 2.45) is 0 Å². The highest BCUT2D eigenvalue weighted by atomic mass is 14.1. The van der Waals surface area contributed by atoms with Crippen LogP contribution in [0, 0.1) is 0 Å². The van der Waals surface area contributed by atoms with Crippen molar-refractivity contribution in [1.82, 2.24) is 0 Å². The van der Waals surface area contributed by atoms with Gasteiger partial charge in [-0.05, 0) is 55.9 Å². The van der Waals surface area contributed by atoms with Crippen LogP contribution in [0.25, 0.3) is 32.3 Å². The molecule has 5 aromatic carbocycles. The highest BCUT2D eigenvalue weighted by Crippen LogP contribution is 2.31. The highest BCUT2D eigenvalue weighted by Gasteiger charge is 2.09. The molecule has 0 nitrogen and oxygen atoms in total. The van der Waals surface area contributed by atoms with Crippen LogP contribution in [0.2, 0.25) is 0 Å². The summed E-state index contributed by atoms with van der Waals surface area (Å²) in [6, 6.07) is 9.82. The molecule has 0 atom stereocenters. The summed E-state index contributed by atoms with van der Waals surface area (Å²) in [5.41, 5.74) is 1.20.